The lowest BCUT2D eigenvalue weighted by Gasteiger charge is -2.23. The first kappa shape index (κ1) is 15.4. The Hall–Kier alpha value is -1.63. The van der Waals surface area contributed by atoms with Crippen molar-refractivity contribution in [2.24, 2.45) is 5.41 Å². The SMILES string of the molecule is CCNc1nc(NCC(C)(C)CCO)nc(OC)n1. The molecule has 0 aromatic carbocycles. The molecule has 0 aliphatic rings. The molecule has 0 aliphatic carbocycles. The summed E-state index contributed by atoms with van der Waals surface area (Å²) in [5.41, 5.74) is -0.0348. The lowest BCUT2D eigenvalue weighted by Crippen LogP contribution is -2.25. The lowest BCUT2D eigenvalue weighted by atomic mass is 9.90. The Balaban J connectivity index is 2.74. The molecule has 0 saturated carbocycles. The summed E-state index contributed by atoms with van der Waals surface area (Å²) in [6.45, 7) is 7.65. The van der Waals surface area contributed by atoms with Crippen LogP contribution in [0.3, 0.4) is 0 Å². The summed E-state index contributed by atoms with van der Waals surface area (Å²) in [6.07, 6.45) is 0.711. The van der Waals surface area contributed by atoms with Gasteiger partial charge in [-0.25, -0.2) is 0 Å². The quantitative estimate of drug-likeness (QED) is 0.651. The fraction of sp³-hybridized carbons (Fsp3) is 0.750. The highest BCUT2D eigenvalue weighted by molar-refractivity contribution is 5.35. The largest absolute Gasteiger partial charge is 0.467 e. The summed E-state index contributed by atoms with van der Waals surface area (Å²) in [6, 6.07) is 0.272. The highest BCUT2D eigenvalue weighted by atomic mass is 16.5. The molecule has 3 N–H and O–H groups in total. The van der Waals surface area contributed by atoms with Gasteiger partial charge in [-0.2, -0.15) is 15.0 Å². The Morgan fingerprint density at radius 3 is 2.32 bits per heavy atom. The number of methoxy groups -OCH3 is 1. The van der Waals surface area contributed by atoms with Crippen molar-refractivity contribution in [3.63, 3.8) is 0 Å². The van der Waals surface area contributed by atoms with Gasteiger partial charge in [0.1, 0.15) is 0 Å². The maximum absolute atomic E-state index is 9.00. The van der Waals surface area contributed by atoms with E-state index in [0.717, 1.165) is 6.54 Å². The zero-order valence-electron chi connectivity index (χ0n) is 12.0. The molecule has 0 radical (unpaired) electrons. The lowest BCUT2D eigenvalue weighted by molar-refractivity contribution is 0.220. The molecular formula is C12H23N5O2. The van der Waals surface area contributed by atoms with Crippen LogP contribution in [0.1, 0.15) is 27.2 Å². The number of aliphatic hydroxyl groups excluding tert-OH is 1. The topological polar surface area (TPSA) is 92.2 Å². The van der Waals surface area contributed by atoms with Crippen LogP contribution in [-0.2, 0) is 0 Å². The number of hydrogen-bond donors (Lipinski definition) is 3. The van der Waals surface area contributed by atoms with Gasteiger partial charge in [0.15, 0.2) is 0 Å². The minimum Gasteiger partial charge on any atom is -0.467 e. The van der Waals surface area contributed by atoms with Crippen LogP contribution >= 0.6 is 0 Å². The highest BCUT2D eigenvalue weighted by Gasteiger charge is 2.17. The Bertz CT molecular complexity index is 398. The fourth-order valence-corrected chi connectivity index (χ4v) is 1.47. The average molecular weight is 269 g/mol. The number of nitrogens with one attached hydrogen (secondary N) is 2. The number of nitrogens with zero attached hydrogens (tertiary/aromatic N) is 3. The summed E-state index contributed by atoms with van der Waals surface area (Å²) in [5.74, 6) is 0.950. The molecule has 1 aromatic heterocycles. The second-order valence-corrected chi connectivity index (χ2v) is 4.99. The van der Waals surface area contributed by atoms with E-state index in [1.54, 1.807) is 0 Å². The third kappa shape index (κ3) is 5.25. The van der Waals surface area contributed by atoms with Crippen LogP contribution in [0.2, 0.25) is 0 Å². The Labute approximate surface area is 113 Å². The summed E-state index contributed by atoms with van der Waals surface area (Å²) >= 11 is 0. The maximum atomic E-state index is 9.00. The summed E-state index contributed by atoms with van der Waals surface area (Å²) in [5, 5.41) is 15.2. The van der Waals surface area contributed by atoms with Crippen LogP contribution in [0.5, 0.6) is 6.01 Å². The van der Waals surface area contributed by atoms with Gasteiger partial charge >= 0.3 is 6.01 Å². The minimum absolute atomic E-state index is 0.0348. The van der Waals surface area contributed by atoms with Gasteiger partial charge in [0.05, 0.1) is 7.11 Å². The fourth-order valence-electron chi connectivity index (χ4n) is 1.47. The minimum atomic E-state index is -0.0348. The van der Waals surface area contributed by atoms with Crippen molar-refractivity contribution in [1.29, 1.82) is 0 Å². The molecule has 1 aromatic rings. The molecule has 108 valence electrons. The van der Waals surface area contributed by atoms with Crippen molar-refractivity contribution in [3.05, 3.63) is 0 Å². The molecule has 7 heteroatoms. The molecule has 0 fully saturated rings. The first-order chi connectivity index (χ1) is 9.00. The van der Waals surface area contributed by atoms with E-state index < -0.39 is 0 Å². The molecule has 0 bridgehead atoms. The van der Waals surface area contributed by atoms with Crippen molar-refractivity contribution in [2.75, 3.05) is 37.4 Å². The number of ether oxygens (including phenoxy) is 1. The van der Waals surface area contributed by atoms with Gasteiger partial charge < -0.3 is 20.5 Å². The maximum Gasteiger partial charge on any atom is 0.322 e. The van der Waals surface area contributed by atoms with E-state index in [2.05, 4.69) is 39.4 Å². The van der Waals surface area contributed by atoms with Crippen LogP contribution in [0.15, 0.2) is 0 Å². The first-order valence-electron chi connectivity index (χ1n) is 6.39. The molecule has 7 nitrogen and oxygen atoms in total. The number of rotatable bonds is 8. The molecule has 19 heavy (non-hydrogen) atoms. The Morgan fingerprint density at radius 1 is 1.16 bits per heavy atom. The van der Waals surface area contributed by atoms with E-state index in [1.807, 2.05) is 6.92 Å². The molecule has 0 unspecified atom stereocenters. The van der Waals surface area contributed by atoms with Gasteiger partial charge in [0, 0.05) is 19.7 Å². The molecule has 0 amide bonds. The van der Waals surface area contributed by atoms with Crippen molar-refractivity contribution in [2.45, 2.75) is 27.2 Å². The number of hydrogen-bond acceptors (Lipinski definition) is 7. The van der Waals surface area contributed by atoms with Crippen molar-refractivity contribution < 1.29 is 9.84 Å². The predicted octanol–water partition coefficient (Wildman–Crippen LogP) is 1.13. The van der Waals surface area contributed by atoms with Gasteiger partial charge in [-0.15, -0.1) is 0 Å². The average Bonchev–Trinajstić information content (AvgIpc) is 2.36. The standard InChI is InChI=1S/C12H23N5O2/c1-5-13-9-15-10(17-11(16-9)19-4)14-8-12(2,3)6-7-18/h18H,5-8H2,1-4H3,(H2,13,14,15,16,17). The van der Waals surface area contributed by atoms with Crippen LogP contribution in [0.4, 0.5) is 11.9 Å². The molecule has 0 aliphatic heterocycles. The molecule has 0 saturated heterocycles. The Morgan fingerprint density at radius 2 is 1.79 bits per heavy atom. The van der Waals surface area contributed by atoms with E-state index >= 15 is 0 Å². The smallest absolute Gasteiger partial charge is 0.322 e. The normalized spacial score (nSPS) is 11.2. The van der Waals surface area contributed by atoms with Crippen molar-refractivity contribution in [1.82, 2.24) is 15.0 Å². The molecule has 1 heterocycles. The molecule has 1 rings (SSSR count). The van der Waals surface area contributed by atoms with Gasteiger partial charge in [0.25, 0.3) is 0 Å². The van der Waals surface area contributed by atoms with E-state index in [9.17, 15) is 0 Å². The second-order valence-electron chi connectivity index (χ2n) is 4.99. The highest BCUT2D eigenvalue weighted by Crippen LogP contribution is 2.20. The van der Waals surface area contributed by atoms with E-state index in [1.165, 1.54) is 7.11 Å². The van der Waals surface area contributed by atoms with E-state index in [0.29, 0.717) is 24.9 Å². The third-order valence-electron chi connectivity index (χ3n) is 2.65. The molecule has 0 spiro atoms. The summed E-state index contributed by atoms with van der Waals surface area (Å²) in [7, 11) is 1.52. The number of aromatic nitrogens is 3. The molecular weight excluding hydrogens is 246 g/mol. The van der Waals surface area contributed by atoms with Crippen LogP contribution in [-0.4, -0.2) is 46.9 Å². The third-order valence-corrected chi connectivity index (χ3v) is 2.65. The van der Waals surface area contributed by atoms with Gasteiger partial charge in [0.2, 0.25) is 11.9 Å². The molecule has 0 atom stereocenters. The number of anilines is 2. The number of aliphatic hydroxyl groups is 1. The Kier molecular flexibility index (Phi) is 5.75. The predicted molar refractivity (Wildman–Crippen MR) is 74.5 cm³/mol. The van der Waals surface area contributed by atoms with E-state index in [4.69, 9.17) is 9.84 Å². The zero-order chi connectivity index (χ0) is 14.3. The second kappa shape index (κ2) is 7.08. The van der Waals surface area contributed by atoms with Gasteiger partial charge in [-0.3, -0.25) is 0 Å². The van der Waals surface area contributed by atoms with Gasteiger partial charge in [-0.05, 0) is 18.8 Å². The zero-order valence-corrected chi connectivity index (χ0v) is 12.0. The van der Waals surface area contributed by atoms with Crippen molar-refractivity contribution >= 4 is 11.9 Å². The first-order valence-corrected chi connectivity index (χ1v) is 6.39. The monoisotopic (exact) mass is 269 g/mol. The van der Waals surface area contributed by atoms with Crippen LogP contribution in [0, 0.1) is 5.41 Å². The van der Waals surface area contributed by atoms with Gasteiger partial charge in [-0.1, -0.05) is 13.8 Å². The van der Waals surface area contributed by atoms with Crippen molar-refractivity contribution in [3.8, 4) is 6.01 Å². The summed E-state index contributed by atoms with van der Waals surface area (Å²) in [4.78, 5) is 12.5. The van der Waals surface area contributed by atoms with E-state index in [-0.39, 0.29) is 18.0 Å². The van der Waals surface area contributed by atoms with Crippen LogP contribution in [0.25, 0.3) is 0 Å². The summed E-state index contributed by atoms with van der Waals surface area (Å²) < 4.78 is 5.04. The van der Waals surface area contributed by atoms with Crippen LogP contribution < -0.4 is 15.4 Å².